The van der Waals surface area contributed by atoms with Crippen molar-refractivity contribution in [3.63, 3.8) is 0 Å². The van der Waals surface area contributed by atoms with E-state index in [0.29, 0.717) is 12.5 Å². The quantitative estimate of drug-likeness (QED) is 0.243. The maximum Gasteiger partial charge on any atom is 0.180 e. The highest BCUT2D eigenvalue weighted by molar-refractivity contribution is 5.13. The van der Waals surface area contributed by atoms with E-state index in [2.05, 4.69) is 38.3 Å². The molecule has 2 aliphatic heterocycles. The van der Waals surface area contributed by atoms with Crippen LogP contribution in [0.2, 0.25) is 0 Å². The molecule has 0 spiro atoms. The molecule has 3 N–H and O–H groups in total. The Labute approximate surface area is 213 Å². The zero-order valence-electron chi connectivity index (χ0n) is 22.4. The standard InChI is InChI=1S/C29H50N2O4/c1-4-12-22-18-23(17-11-10-14-20(6-3)24(22)13-5-2)29-33-25-19-32-28(21-15-8-7-9-16-21)34-26(25)27(31-30)35-29/h15,18,20,23-29,31H,4-14,16-17,19,30H2,1-3H3/b22-18+. The molecule has 0 aromatic heterocycles. The Morgan fingerprint density at radius 1 is 1.00 bits per heavy atom. The minimum absolute atomic E-state index is 0.180. The van der Waals surface area contributed by atoms with Gasteiger partial charge in [-0.3, -0.25) is 5.84 Å². The van der Waals surface area contributed by atoms with Gasteiger partial charge in [-0.05, 0) is 68.8 Å². The summed E-state index contributed by atoms with van der Waals surface area (Å²) in [5, 5.41) is 0. The fourth-order valence-electron chi connectivity index (χ4n) is 6.73. The lowest BCUT2D eigenvalue weighted by molar-refractivity contribution is -0.362. The Balaban J connectivity index is 1.51. The third-order valence-corrected chi connectivity index (χ3v) is 8.59. The molecule has 8 unspecified atom stereocenters. The molecule has 6 nitrogen and oxygen atoms in total. The number of ether oxygens (including phenoxy) is 4. The predicted octanol–water partition coefficient (Wildman–Crippen LogP) is 6.12. The smallest absolute Gasteiger partial charge is 0.180 e. The molecule has 4 rings (SSSR count). The van der Waals surface area contributed by atoms with E-state index in [9.17, 15) is 0 Å². The molecule has 0 amide bonds. The molecule has 6 heteroatoms. The fraction of sp³-hybridized carbons (Fsp3) is 0.862. The molecule has 2 heterocycles. The number of hydrazine groups is 1. The first-order valence-electron chi connectivity index (χ1n) is 14.6. The van der Waals surface area contributed by atoms with Crippen LogP contribution in [0.5, 0.6) is 0 Å². The summed E-state index contributed by atoms with van der Waals surface area (Å²) in [6, 6.07) is 0. The van der Waals surface area contributed by atoms with Gasteiger partial charge in [-0.1, -0.05) is 70.6 Å². The van der Waals surface area contributed by atoms with Crippen molar-refractivity contribution in [1.29, 1.82) is 0 Å². The van der Waals surface area contributed by atoms with E-state index in [0.717, 1.165) is 31.6 Å². The molecular formula is C29H50N2O4. The Bertz CT molecular complexity index is 703. The van der Waals surface area contributed by atoms with E-state index in [1.54, 1.807) is 5.57 Å². The summed E-state index contributed by atoms with van der Waals surface area (Å²) in [4.78, 5) is 0. The lowest BCUT2D eigenvalue weighted by Gasteiger charge is -2.47. The first-order chi connectivity index (χ1) is 17.2. The molecule has 0 radical (unpaired) electrons. The van der Waals surface area contributed by atoms with Crippen LogP contribution < -0.4 is 11.3 Å². The first-order valence-corrected chi connectivity index (χ1v) is 14.6. The van der Waals surface area contributed by atoms with Crippen LogP contribution in [-0.2, 0) is 18.9 Å². The van der Waals surface area contributed by atoms with E-state index in [1.807, 2.05) is 0 Å². The van der Waals surface area contributed by atoms with Gasteiger partial charge in [0.25, 0.3) is 0 Å². The van der Waals surface area contributed by atoms with Gasteiger partial charge in [0, 0.05) is 5.92 Å². The molecule has 0 bridgehead atoms. The van der Waals surface area contributed by atoms with Crippen LogP contribution in [0.25, 0.3) is 0 Å². The Hall–Kier alpha value is -0.760. The highest BCUT2D eigenvalue weighted by Gasteiger charge is 2.47. The van der Waals surface area contributed by atoms with Gasteiger partial charge in [-0.25, -0.2) is 5.43 Å². The van der Waals surface area contributed by atoms with Crippen molar-refractivity contribution < 1.29 is 18.9 Å². The van der Waals surface area contributed by atoms with Crippen LogP contribution in [-0.4, -0.2) is 37.6 Å². The second-order valence-corrected chi connectivity index (χ2v) is 11.1. The molecule has 8 atom stereocenters. The minimum Gasteiger partial charge on any atom is -0.346 e. The second-order valence-electron chi connectivity index (χ2n) is 11.1. The molecular weight excluding hydrogens is 440 g/mol. The van der Waals surface area contributed by atoms with Crippen molar-refractivity contribution in [3.05, 3.63) is 23.3 Å². The van der Waals surface area contributed by atoms with E-state index in [1.165, 1.54) is 63.4 Å². The molecule has 2 saturated heterocycles. The van der Waals surface area contributed by atoms with Gasteiger partial charge in [0.05, 0.1) is 6.61 Å². The van der Waals surface area contributed by atoms with Crippen LogP contribution >= 0.6 is 0 Å². The zero-order chi connectivity index (χ0) is 24.6. The highest BCUT2D eigenvalue weighted by atomic mass is 16.8. The van der Waals surface area contributed by atoms with E-state index in [4.69, 9.17) is 24.8 Å². The van der Waals surface area contributed by atoms with Crippen molar-refractivity contribution in [1.82, 2.24) is 5.43 Å². The number of nitrogens with two attached hydrogens (primary N) is 1. The second kappa shape index (κ2) is 13.7. The van der Waals surface area contributed by atoms with Crippen molar-refractivity contribution in [3.8, 4) is 0 Å². The molecule has 2 fully saturated rings. The Morgan fingerprint density at radius 3 is 2.57 bits per heavy atom. The van der Waals surface area contributed by atoms with Gasteiger partial charge in [0.15, 0.2) is 18.8 Å². The summed E-state index contributed by atoms with van der Waals surface area (Å²) in [5.74, 6) is 7.69. The van der Waals surface area contributed by atoms with Crippen LogP contribution in [0.1, 0.15) is 104 Å². The van der Waals surface area contributed by atoms with Crippen molar-refractivity contribution in [2.24, 2.45) is 23.6 Å². The lowest BCUT2D eigenvalue weighted by Crippen LogP contribution is -2.64. The molecule has 4 aliphatic rings. The minimum atomic E-state index is -0.403. The largest absolute Gasteiger partial charge is 0.346 e. The van der Waals surface area contributed by atoms with Gasteiger partial charge in [-0.15, -0.1) is 0 Å². The average Bonchev–Trinajstić information content (AvgIpc) is 2.98. The third kappa shape index (κ3) is 6.77. The van der Waals surface area contributed by atoms with Crippen molar-refractivity contribution >= 4 is 0 Å². The summed E-state index contributed by atoms with van der Waals surface area (Å²) in [6.45, 7) is 7.51. The van der Waals surface area contributed by atoms with Crippen LogP contribution in [0.3, 0.4) is 0 Å². The topological polar surface area (TPSA) is 75.0 Å². The van der Waals surface area contributed by atoms with Gasteiger partial charge in [-0.2, -0.15) is 0 Å². The number of rotatable bonds is 8. The summed E-state index contributed by atoms with van der Waals surface area (Å²) in [6.07, 6.45) is 18.9. The van der Waals surface area contributed by atoms with E-state index < -0.39 is 6.23 Å². The summed E-state index contributed by atoms with van der Waals surface area (Å²) >= 11 is 0. The molecule has 2 aliphatic carbocycles. The summed E-state index contributed by atoms with van der Waals surface area (Å²) in [7, 11) is 0. The first kappa shape index (κ1) is 27.3. The maximum absolute atomic E-state index is 6.58. The Kier molecular flexibility index (Phi) is 10.7. The fourth-order valence-corrected chi connectivity index (χ4v) is 6.73. The molecule has 0 aromatic rings. The highest BCUT2D eigenvalue weighted by Crippen LogP contribution is 2.40. The Morgan fingerprint density at radius 2 is 1.86 bits per heavy atom. The average molecular weight is 491 g/mol. The number of nitrogens with one attached hydrogen (secondary N) is 1. The third-order valence-electron chi connectivity index (χ3n) is 8.59. The summed E-state index contributed by atoms with van der Waals surface area (Å²) < 4.78 is 25.6. The molecule has 200 valence electrons. The monoisotopic (exact) mass is 490 g/mol. The predicted molar refractivity (Wildman–Crippen MR) is 139 cm³/mol. The van der Waals surface area contributed by atoms with Gasteiger partial charge in [0.1, 0.15) is 12.2 Å². The van der Waals surface area contributed by atoms with Gasteiger partial charge in [0.2, 0.25) is 0 Å². The molecule has 0 saturated carbocycles. The van der Waals surface area contributed by atoms with Crippen LogP contribution in [0, 0.1) is 17.8 Å². The zero-order valence-corrected chi connectivity index (χ0v) is 22.4. The SMILES string of the molecule is CCC/C1=C\C(C2OC3COC(C4=CCCCC4)OC3C(NN)O2)CCCCC(CC)C1CCC. The number of fused-ring (bicyclic) bond motifs is 1. The van der Waals surface area contributed by atoms with E-state index in [-0.39, 0.29) is 30.7 Å². The maximum atomic E-state index is 6.58. The van der Waals surface area contributed by atoms with Gasteiger partial charge >= 0.3 is 0 Å². The van der Waals surface area contributed by atoms with Crippen LogP contribution in [0.15, 0.2) is 23.3 Å². The number of hydrogen-bond donors (Lipinski definition) is 2. The van der Waals surface area contributed by atoms with Gasteiger partial charge < -0.3 is 18.9 Å². The van der Waals surface area contributed by atoms with Crippen LogP contribution in [0.4, 0.5) is 0 Å². The summed E-state index contributed by atoms with van der Waals surface area (Å²) in [5.41, 5.74) is 5.77. The van der Waals surface area contributed by atoms with E-state index >= 15 is 0 Å². The lowest BCUT2D eigenvalue weighted by atomic mass is 9.77. The van der Waals surface area contributed by atoms with Crippen molar-refractivity contribution in [2.45, 2.75) is 135 Å². The normalized spacial score (nSPS) is 40.5. The van der Waals surface area contributed by atoms with Crippen molar-refractivity contribution in [2.75, 3.05) is 6.61 Å². The molecule has 0 aromatic carbocycles. The number of hydrogen-bond acceptors (Lipinski definition) is 6. The number of allylic oxidation sites excluding steroid dienone is 2. The molecule has 35 heavy (non-hydrogen) atoms.